The van der Waals surface area contributed by atoms with Gasteiger partial charge in [-0.3, -0.25) is 0 Å². The second-order valence-corrected chi connectivity index (χ2v) is 4.49. The highest BCUT2D eigenvalue weighted by atomic mass is 35.5. The first-order valence-corrected chi connectivity index (χ1v) is 5.59. The van der Waals surface area contributed by atoms with Crippen molar-refractivity contribution in [1.29, 1.82) is 0 Å². The molecule has 1 aromatic heterocycles. The summed E-state index contributed by atoms with van der Waals surface area (Å²) in [4.78, 5) is 4.38. The summed E-state index contributed by atoms with van der Waals surface area (Å²) in [6.45, 7) is 4.14. The molecule has 0 N–H and O–H groups in total. The third-order valence-corrected chi connectivity index (χ3v) is 3.33. The van der Waals surface area contributed by atoms with Gasteiger partial charge in [0.15, 0.2) is 0 Å². The van der Waals surface area contributed by atoms with Gasteiger partial charge < -0.3 is 0 Å². The normalized spacial score (nSPS) is 13.2. The zero-order chi connectivity index (χ0) is 8.97. The highest BCUT2D eigenvalue weighted by Gasteiger charge is 2.03. The lowest BCUT2D eigenvalue weighted by atomic mass is 10.2. The van der Waals surface area contributed by atoms with Gasteiger partial charge in [-0.25, -0.2) is 4.98 Å². The van der Waals surface area contributed by atoms with Gasteiger partial charge in [0.2, 0.25) is 0 Å². The van der Waals surface area contributed by atoms with Gasteiger partial charge in [0, 0.05) is 22.9 Å². The lowest BCUT2D eigenvalue weighted by Crippen LogP contribution is -1.98. The maximum absolute atomic E-state index is 6.00. The average molecular weight is 204 g/mol. The number of thiazole rings is 1. The van der Waals surface area contributed by atoms with E-state index in [1.54, 1.807) is 11.3 Å². The fraction of sp³-hybridized carbons (Fsp3) is 0.667. The van der Waals surface area contributed by atoms with Crippen LogP contribution in [0.1, 0.15) is 30.5 Å². The molecule has 68 valence electrons. The third kappa shape index (κ3) is 3.11. The summed E-state index contributed by atoms with van der Waals surface area (Å²) in [5.74, 6) is 0. The number of aryl methyl sites for hydroxylation is 2. The molecule has 0 saturated heterocycles. The molecule has 1 atom stereocenters. The monoisotopic (exact) mass is 203 g/mol. The molecular weight excluding hydrogens is 190 g/mol. The van der Waals surface area contributed by atoms with Crippen molar-refractivity contribution in [3.05, 3.63) is 16.1 Å². The lowest BCUT2D eigenvalue weighted by Gasteiger charge is -2.02. The van der Waals surface area contributed by atoms with E-state index in [0.29, 0.717) is 5.38 Å². The van der Waals surface area contributed by atoms with Crippen LogP contribution >= 0.6 is 22.9 Å². The number of nitrogens with zero attached hydrogens (tertiary/aromatic N) is 1. The van der Waals surface area contributed by atoms with Gasteiger partial charge in [-0.2, -0.15) is 0 Å². The Labute approximate surface area is 82.8 Å². The molecule has 3 heteroatoms. The van der Waals surface area contributed by atoms with E-state index in [9.17, 15) is 0 Å². The predicted octanol–water partition coefficient (Wildman–Crippen LogP) is 3.40. The molecule has 0 spiro atoms. The summed E-state index contributed by atoms with van der Waals surface area (Å²) in [5, 5.41) is 3.62. The number of aromatic nitrogens is 1. The van der Waals surface area contributed by atoms with Gasteiger partial charge in [-0.1, -0.05) is 6.92 Å². The van der Waals surface area contributed by atoms with Crippen LogP contribution in [0.5, 0.6) is 0 Å². The quantitative estimate of drug-likeness (QED) is 0.684. The second kappa shape index (κ2) is 4.83. The minimum absolute atomic E-state index is 0.314. The van der Waals surface area contributed by atoms with E-state index in [1.807, 2.05) is 6.92 Å². The molecule has 0 saturated carbocycles. The minimum atomic E-state index is 0.314. The molecule has 0 amide bonds. The molecule has 1 nitrogen and oxygen atoms in total. The largest absolute Gasteiger partial charge is 0.247 e. The van der Waals surface area contributed by atoms with Gasteiger partial charge in [0.05, 0.1) is 5.01 Å². The first-order valence-electron chi connectivity index (χ1n) is 4.27. The fourth-order valence-electron chi connectivity index (χ4n) is 1.00. The highest BCUT2D eigenvalue weighted by Crippen LogP contribution is 2.15. The van der Waals surface area contributed by atoms with Gasteiger partial charge in [-0.05, 0) is 19.8 Å². The topological polar surface area (TPSA) is 12.9 Å². The van der Waals surface area contributed by atoms with Gasteiger partial charge in [0.25, 0.3) is 0 Å². The Morgan fingerprint density at radius 1 is 1.67 bits per heavy atom. The number of hydrogen-bond acceptors (Lipinski definition) is 2. The molecule has 1 unspecified atom stereocenters. The van der Waals surface area contributed by atoms with E-state index in [1.165, 1.54) is 5.01 Å². The zero-order valence-corrected chi connectivity index (χ0v) is 9.08. The van der Waals surface area contributed by atoms with Crippen LogP contribution in [0.2, 0.25) is 0 Å². The van der Waals surface area contributed by atoms with Gasteiger partial charge >= 0.3 is 0 Å². The highest BCUT2D eigenvalue weighted by molar-refractivity contribution is 7.09. The van der Waals surface area contributed by atoms with Crippen LogP contribution in [0.15, 0.2) is 5.38 Å². The zero-order valence-electron chi connectivity index (χ0n) is 7.51. The number of halogens is 1. The number of alkyl halides is 1. The molecule has 0 fully saturated rings. The number of rotatable bonds is 4. The van der Waals surface area contributed by atoms with Crippen molar-refractivity contribution in [3.8, 4) is 0 Å². The average Bonchev–Trinajstić information content (AvgIpc) is 2.47. The van der Waals surface area contributed by atoms with Crippen LogP contribution in [0.3, 0.4) is 0 Å². The van der Waals surface area contributed by atoms with E-state index < -0.39 is 0 Å². The Kier molecular flexibility index (Phi) is 4.02. The Bertz CT molecular complexity index is 234. The van der Waals surface area contributed by atoms with Crippen LogP contribution in [0.4, 0.5) is 0 Å². The van der Waals surface area contributed by atoms with E-state index in [2.05, 4.69) is 17.3 Å². The third-order valence-electron chi connectivity index (χ3n) is 1.78. The van der Waals surface area contributed by atoms with E-state index in [0.717, 1.165) is 25.0 Å². The molecule has 0 aromatic carbocycles. The van der Waals surface area contributed by atoms with Gasteiger partial charge in [0.1, 0.15) is 0 Å². The second-order valence-electron chi connectivity index (χ2n) is 2.93. The van der Waals surface area contributed by atoms with Crippen molar-refractivity contribution in [2.75, 3.05) is 0 Å². The molecule has 0 radical (unpaired) electrons. The SMILES string of the molecule is CCC(Cl)CCc1nc(C)cs1. The Hall–Kier alpha value is -0.0800. The molecule has 0 aliphatic rings. The van der Waals surface area contributed by atoms with E-state index >= 15 is 0 Å². The Morgan fingerprint density at radius 2 is 2.42 bits per heavy atom. The summed E-state index contributed by atoms with van der Waals surface area (Å²) in [6, 6.07) is 0. The Morgan fingerprint density at radius 3 is 2.92 bits per heavy atom. The molecule has 12 heavy (non-hydrogen) atoms. The fourth-order valence-corrected chi connectivity index (χ4v) is 1.90. The summed E-state index contributed by atoms with van der Waals surface area (Å²) in [5.41, 5.74) is 1.12. The van der Waals surface area contributed by atoms with Gasteiger partial charge in [-0.15, -0.1) is 22.9 Å². The maximum atomic E-state index is 6.00. The van der Waals surface area contributed by atoms with Crippen LogP contribution in [-0.4, -0.2) is 10.4 Å². The maximum Gasteiger partial charge on any atom is 0.0928 e. The molecule has 1 rings (SSSR count). The van der Waals surface area contributed by atoms with Crippen LogP contribution in [0, 0.1) is 6.92 Å². The Balaban J connectivity index is 2.33. The number of hydrogen-bond donors (Lipinski definition) is 0. The standard InChI is InChI=1S/C9H14ClNS/c1-3-8(10)4-5-9-11-7(2)6-12-9/h6,8H,3-5H2,1-2H3. The summed E-state index contributed by atoms with van der Waals surface area (Å²) < 4.78 is 0. The predicted molar refractivity (Wildman–Crippen MR) is 55.1 cm³/mol. The van der Waals surface area contributed by atoms with Crippen molar-refractivity contribution < 1.29 is 0 Å². The van der Waals surface area contributed by atoms with Crippen LogP contribution in [-0.2, 0) is 6.42 Å². The van der Waals surface area contributed by atoms with Crippen molar-refractivity contribution >= 4 is 22.9 Å². The summed E-state index contributed by atoms with van der Waals surface area (Å²) in [7, 11) is 0. The van der Waals surface area contributed by atoms with Crippen molar-refractivity contribution in [3.63, 3.8) is 0 Å². The van der Waals surface area contributed by atoms with E-state index in [4.69, 9.17) is 11.6 Å². The van der Waals surface area contributed by atoms with Crippen LogP contribution < -0.4 is 0 Å². The van der Waals surface area contributed by atoms with Crippen LogP contribution in [0.25, 0.3) is 0 Å². The lowest BCUT2D eigenvalue weighted by molar-refractivity contribution is 0.723. The molecule has 0 bridgehead atoms. The minimum Gasteiger partial charge on any atom is -0.247 e. The molecule has 0 aliphatic carbocycles. The summed E-state index contributed by atoms with van der Waals surface area (Å²) in [6.07, 6.45) is 3.12. The first kappa shape index (κ1) is 10.0. The molecular formula is C9H14ClNS. The molecule has 1 heterocycles. The molecule has 0 aliphatic heterocycles. The van der Waals surface area contributed by atoms with Crippen molar-refractivity contribution in [2.24, 2.45) is 0 Å². The van der Waals surface area contributed by atoms with Crippen molar-refractivity contribution in [1.82, 2.24) is 4.98 Å². The first-order chi connectivity index (χ1) is 5.72. The smallest absolute Gasteiger partial charge is 0.0928 e. The van der Waals surface area contributed by atoms with E-state index in [-0.39, 0.29) is 0 Å². The summed E-state index contributed by atoms with van der Waals surface area (Å²) >= 11 is 7.73. The molecule has 1 aromatic rings. The van der Waals surface area contributed by atoms with Crippen molar-refractivity contribution in [2.45, 2.75) is 38.5 Å².